The smallest absolute Gasteiger partial charge is 0.126 e. The van der Waals surface area contributed by atoms with Gasteiger partial charge in [-0.1, -0.05) is 22.7 Å². The van der Waals surface area contributed by atoms with Crippen molar-refractivity contribution in [3.63, 3.8) is 0 Å². The molecule has 2 rings (SSSR count). The summed E-state index contributed by atoms with van der Waals surface area (Å²) < 4.78 is 17.2. The van der Waals surface area contributed by atoms with E-state index >= 15 is 0 Å². The minimum atomic E-state index is -0.222. The predicted octanol–water partition coefficient (Wildman–Crippen LogP) is 1.42. The topological polar surface area (TPSA) is 63.8 Å². The molecule has 4 nitrogen and oxygen atoms in total. The first-order chi connectivity index (χ1) is 7.81. The first-order valence-electron chi connectivity index (χ1n) is 4.78. The standard InChI is InChI=1S/C10H11FN4S/c11-8-4-2-1-3-7(8)5-9(14-12)10-6-13-15-16-10/h1-4,6,9,14H,5,12H2. The molecule has 0 aliphatic carbocycles. The number of nitrogens with zero attached hydrogens (tertiary/aromatic N) is 2. The molecule has 16 heavy (non-hydrogen) atoms. The van der Waals surface area contributed by atoms with Gasteiger partial charge >= 0.3 is 0 Å². The Morgan fingerprint density at radius 2 is 2.25 bits per heavy atom. The van der Waals surface area contributed by atoms with E-state index in [0.29, 0.717) is 12.0 Å². The number of hydrogen-bond acceptors (Lipinski definition) is 5. The Bertz CT molecular complexity index is 446. The Balaban J connectivity index is 2.17. The zero-order valence-corrected chi connectivity index (χ0v) is 9.25. The molecule has 0 saturated carbocycles. The van der Waals surface area contributed by atoms with Gasteiger partial charge in [0.15, 0.2) is 0 Å². The summed E-state index contributed by atoms with van der Waals surface area (Å²) in [6.07, 6.45) is 2.11. The monoisotopic (exact) mass is 238 g/mol. The summed E-state index contributed by atoms with van der Waals surface area (Å²) in [6, 6.07) is 6.49. The maximum Gasteiger partial charge on any atom is 0.126 e. The van der Waals surface area contributed by atoms with Crippen molar-refractivity contribution < 1.29 is 4.39 Å². The Morgan fingerprint density at radius 3 is 2.88 bits per heavy atom. The number of nitrogens with two attached hydrogens (primary N) is 1. The van der Waals surface area contributed by atoms with E-state index < -0.39 is 0 Å². The summed E-state index contributed by atoms with van der Waals surface area (Å²) in [5.74, 6) is 5.22. The fourth-order valence-electron chi connectivity index (χ4n) is 1.45. The van der Waals surface area contributed by atoms with Gasteiger partial charge in [0, 0.05) is 0 Å². The minimum absolute atomic E-state index is 0.156. The van der Waals surface area contributed by atoms with Gasteiger partial charge in [0.2, 0.25) is 0 Å². The molecule has 0 spiro atoms. The van der Waals surface area contributed by atoms with Gasteiger partial charge in [-0.25, -0.2) is 4.39 Å². The van der Waals surface area contributed by atoms with Crippen molar-refractivity contribution in [2.45, 2.75) is 12.5 Å². The summed E-state index contributed by atoms with van der Waals surface area (Å²) in [4.78, 5) is 0.894. The van der Waals surface area contributed by atoms with E-state index in [1.165, 1.54) is 17.6 Å². The molecule has 1 heterocycles. The van der Waals surface area contributed by atoms with Crippen LogP contribution in [0.25, 0.3) is 0 Å². The number of nitrogens with one attached hydrogen (secondary N) is 1. The molecular formula is C10H11FN4S. The van der Waals surface area contributed by atoms with Crippen LogP contribution in [0.3, 0.4) is 0 Å². The molecule has 1 aromatic heterocycles. The molecule has 0 radical (unpaired) electrons. The lowest BCUT2D eigenvalue weighted by molar-refractivity contribution is 0.535. The second-order valence-electron chi connectivity index (χ2n) is 3.33. The second kappa shape index (κ2) is 5.11. The molecule has 0 aliphatic rings. The molecule has 0 saturated heterocycles. The van der Waals surface area contributed by atoms with Crippen LogP contribution >= 0.6 is 11.5 Å². The molecule has 0 amide bonds. The molecule has 2 aromatic rings. The average molecular weight is 238 g/mol. The van der Waals surface area contributed by atoms with Crippen LogP contribution in [-0.2, 0) is 6.42 Å². The zero-order chi connectivity index (χ0) is 11.4. The molecule has 6 heteroatoms. The summed E-state index contributed by atoms with van der Waals surface area (Å²) >= 11 is 1.25. The van der Waals surface area contributed by atoms with Crippen molar-refractivity contribution in [1.29, 1.82) is 0 Å². The van der Waals surface area contributed by atoms with Crippen molar-refractivity contribution in [3.8, 4) is 0 Å². The fourth-order valence-corrected chi connectivity index (χ4v) is 2.02. The molecule has 0 aliphatic heterocycles. The van der Waals surface area contributed by atoms with Gasteiger partial charge < -0.3 is 0 Å². The Kier molecular flexibility index (Phi) is 3.55. The molecule has 84 valence electrons. The first kappa shape index (κ1) is 11.1. The molecule has 3 N–H and O–H groups in total. The van der Waals surface area contributed by atoms with Crippen LogP contribution in [0.2, 0.25) is 0 Å². The highest BCUT2D eigenvalue weighted by Crippen LogP contribution is 2.20. The van der Waals surface area contributed by atoms with Gasteiger partial charge in [0.25, 0.3) is 0 Å². The van der Waals surface area contributed by atoms with E-state index in [-0.39, 0.29) is 11.9 Å². The molecule has 1 unspecified atom stereocenters. The summed E-state index contributed by atoms with van der Waals surface area (Å²) in [6.45, 7) is 0. The van der Waals surface area contributed by atoms with Crippen LogP contribution in [0.4, 0.5) is 4.39 Å². The van der Waals surface area contributed by atoms with Gasteiger partial charge in [-0.15, -0.1) is 5.10 Å². The van der Waals surface area contributed by atoms with Gasteiger partial charge in [-0.2, -0.15) is 0 Å². The minimum Gasteiger partial charge on any atom is -0.271 e. The number of aromatic nitrogens is 2. The normalized spacial score (nSPS) is 12.6. The van der Waals surface area contributed by atoms with Crippen LogP contribution in [-0.4, -0.2) is 9.59 Å². The highest BCUT2D eigenvalue weighted by Gasteiger charge is 2.14. The number of benzene rings is 1. The van der Waals surface area contributed by atoms with E-state index in [4.69, 9.17) is 5.84 Å². The number of hydrogen-bond donors (Lipinski definition) is 2. The van der Waals surface area contributed by atoms with Gasteiger partial charge in [-0.05, 0) is 29.6 Å². The van der Waals surface area contributed by atoms with Gasteiger partial charge in [0.1, 0.15) is 5.82 Å². The zero-order valence-electron chi connectivity index (χ0n) is 8.43. The van der Waals surface area contributed by atoms with Gasteiger partial charge in [0.05, 0.1) is 17.1 Å². The summed E-state index contributed by atoms with van der Waals surface area (Å²) in [5, 5.41) is 3.73. The second-order valence-corrected chi connectivity index (χ2v) is 4.15. The van der Waals surface area contributed by atoms with E-state index in [2.05, 4.69) is 15.0 Å². The van der Waals surface area contributed by atoms with E-state index in [9.17, 15) is 4.39 Å². The van der Waals surface area contributed by atoms with E-state index in [1.807, 2.05) is 0 Å². The van der Waals surface area contributed by atoms with Gasteiger partial charge in [-0.3, -0.25) is 11.3 Å². The SMILES string of the molecule is NNC(Cc1ccccc1F)c1cnns1. The lowest BCUT2D eigenvalue weighted by Gasteiger charge is -2.13. The Hall–Kier alpha value is -1.37. The van der Waals surface area contributed by atoms with E-state index in [1.54, 1.807) is 24.4 Å². The lowest BCUT2D eigenvalue weighted by Crippen LogP contribution is -2.29. The third kappa shape index (κ3) is 2.41. The van der Waals surface area contributed by atoms with Crippen molar-refractivity contribution in [3.05, 3.63) is 46.7 Å². The molecule has 1 atom stereocenters. The summed E-state index contributed by atoms with van der Waals surface area (Å²) in [5.41, 5.74) is 3.27. The molecule has 1 aromatic carbocycles. The maximum atomic E-state index is 13.4. The number of rotatable bonds is 4. The molecular weight excluding hydrogens is 227 g/mol. The first-order valence-corrected chi connectivity index (χ1v) is 5.55. The maximum absolute atomic E-state index is 13.4. The third-order valence-corrected chi connectivity index (χ3v) is 3.08. The Morgan fingerprint density at radius 1 is 1.44 bits per heavy atom. The van der Waals surface area contributed by atoms with Crippen LogP contribution in [0, 0.1) is 5.82 Å². The Labute approximate surface area is 96.4 Å². The largest absolute Gasteiger partial charge is 0.271 e. The van der Waals surface area contributed by atoms with Crippen molar-refractivity contribution in [2.24, 2.45) is 5.84 Å². The molecule has 0 bridgehead atoms. The van der Waals surface area contributed by atoms with Crippen molar-refractivity contribution in [1.82, 2.24) is 15.0 Å². The number of hydrazine groups is 1. The fraction of sp³-hybridized carbons (Fsp3) is 0.200. The number of halogens is 1. The summed E-state index contributed by atoms with van der Waals surface area (Å²) in [7, 11) is 0. The average Bonchev–Trinajstić information content (AvgIpc) is 2.81. The van der Waals surface area contributed by atoms with Crippen LogP contribution in [0.1, 0.15) is 16.5 Å². The van der Waals surface area contributed by atoms with Crippen molar-refractivity contribution in [2.75, 3.05) is 0 Å². The van der Waals surface area contributed by atoms with Crippen molar-refractivity contribution >= 4 is 11.5 Å². The lowest BCUT2D eigenvalue weighted by atomic mass is 10.1. The highest BCUT2D eigenvalue weighted by atomic mass is 32.1. The quantitative estimate of drug-likeness (QED) is 0.624. The molecule has 0 fully saturated rings. The van der Waals surface area contributed by atoms with Crippen LogP contribution < -0.4 is 11.3 Å². The highest BCUT2D eigenvalue weighted by molar-refractivity contribution is 7.05. The predicted molar refractivity (Wildman–Crippen MR) is 60.1 cm³/mol. The third-order valence-electron chi connectivity index (χ3n) is 2.30. The van der Waals surface area contributed by atoms with E-state index in [0.717, 1.165) is 4.88 Å². The van der Waals surface area contributed by atoms with Crippen LogP contribution in [0.5, 0.6) is 0 Å². The van der Waals surface area contributed by atoms with Crippen LogP contribution in [0.15, 0.2) is 30.5 Å².